The van der Waals surface area contributed by atoms with Gasteiger partial charge in [0, 0.05) is 23.1 Å². The fourth-order valence-corrected chi connectivity index (χ4v) is 3.26. The third-order valence-corrected chi connectivity index (χ3v) is 4.76. The highest BCUT2D eigenvalue weighted by molar-refractivity contribution is 7.13. The molecule has 1 aromatic heterocycles. The Morgan fingerprint density at radius 1 is 1.11 bits per heavy atom. The average Bonchev–Trinajstić information content (AvgIpc) is 3.20. The summed E-state index contributed by atoms with van der Waals surface area (Å²) in [5.41, 5.74) is 2.73. The van der Waals surface area contributed by atoms with E-state index in [1.165, 1.54) is 6.08 Å². The number of hydrogen-bond donors (Lipinski definition) is 1. The van der Waals surface area contributed by atoms with Gasteiger partial charge in [-0.05, 0) is 23.8 Å². The number of aromatic nitrogens is 1. The van der Waals surface area contributed by atoms with Crippen LogP contribution < -0.4 is 14.8 Å². The minimum absolute atomic E-state index is 0.189. The van der Waals surface area contributed by atoms with Crippen LogP contribution in [0.15, 0.2) is 60.0 Å². The number of methoxy groups -OCH3 is 2. The lowest BCUT2D eigenvalue weighted by molar-refractivity contribution is -0.116. The molecule has 0 aliphatic heterocycles. The molecule has 6 heteroatoms. The Hall–Kier alpha value is -3.12. The first kappa shape index (κ1) is 18.7. The van der Waals surface area contributed by atoms with E-state index in [0.29, 0.717) is 18.0 Å². The predicted molar refractivity (Wildman–Crippen MR) is 108 cm³/mol. The van der Waals surface area contributed by atoms with E-state index in [-0.39, 0.29) is 5.91 Å². The van der Waals surface area contributed by atoms with Crippen LogP contribution in [0.25, 0.3) is 16.6 Å². The summed E-state index contributed by atoms with van der Waals surface area (Å²) in [6.45, 7) is 0.383. The molecular weight excluding hydrogens is 360 g/mol. The highest BCUT2D eigenvalue weighted by atomic mass is 32.1. The molecule has 0 atom stereocenters. The standard InChI is InChI=1S/C21H20N2O3S/c1-25-18-10-15(11-19(12-18)26-2)8-9-20(24)22-13-17-14-27-21(23-17)16-6-4-3-5-7-16/h3-12,14H,13H2,1-2H3,(H,22,24)/b9-8+. The topological polar surface area (TPSA) is 60.5 Å². The second kappa shape index (κ2) is 9.00. The summed E-state index contributed by atoms with van der Waals surface area (Å²) in [5.74, 6) is 1.15. The number of benzene rings is 2. The van der Waals surface area contributed by atoms with Gasteiger partial charge in [-0.3, -0.25) is 4.79 Å². The summed E-state index contributed by atoms with van der Waals surface area (Å²) in [6.07, 6.45) is 3.20. The molecule has 0 aliphatic carbocycles. The summed E-state index contributed by atoms with van der Waals surface area (Å²) < 4.78 is 10.5. The van der Waals surface area contributed by atoms with Crippen molar-refractivity contribution >= 4 is 23.3 Å². The molecule has 0 fully saturated rings. The molecule has 0 unspecified atom stereocenters. The van der Waals surface area contributed by atoms with Crippen molar-refractivity contribution in [2.24, 2.45) is 0 Å². The van der Waals surface area contributed by atoms with Gasteiger partial charge >= 0.3 is 0 Å². The van der Waals surface area contributed by atoms with Crippen LogP contribution in [-0.4, -0.2) is 25.1 Å². The lowest BCUT2D eigenvalue weighted by Gasteiger charge is -2.05. The number of amides is 1. The molecular formula is C21H20N2O3S. The molecule has 5 nitrogen and oxygen atoms in total. The first-order chi connectivity index (χ1) is 13.2. The number of nitrogens with zero attached hydrogens (tertiary/aromatic N) is 1. The second-order valence-corrected chi connectivity index (χ2v) is 6.57. The minimum atomic E-state index is -0.189. The molecule has 0 bridgehead atoms. The third kappa shape index (κ3) is 5.18. The molecule has 0 radical (unpaired) electrons. The van der Waals surface area contributed by atoms with Crippen LogP contribution in [0.1, 0.15) is 11.3 Å². The van der Waals surface area contributed by atoms with E-state index in [2.05, 4.69) is 10.3 Å². The van der Waals surface area contributed by atoms with Gasteiger partial charge in [0.25, 0.3) is 0 Å². The smallest absolute Gasteiger partial charge is 0.244 e. The van der Waals surface area contributed by atoms with Crippen LogP contribution in [0.4, 0.5) is 0 Å². The van der Waals surface area contributed by atoms with Gasteiger partial charge in [-0.1, -0.05) is 30.3 Å². The monoisotopic (exact) mass is 380 g/mol. The van der Waals surface area contributed by atoms with Gasteiger partial charge in [-0.15, -0.1) is 11.3 Å². The zero-order valence-corrected chi connectivity index (χ0v) is 16.0. The Labute approximate surface area is 162 Å². The Morgan fingerprint density at radius 3 is 2.48 bits per heavy atom. The van der Waals surface area contributed by atoms with Crippen LogP contribution in [0, 0.1) is 0 Å². The SMILES string of the molecule is COc1cc(/C=C/C(=O)NCc2csc(-c3ccccc3)n2)cc(OC)c1. The highest BCUT2D eigenvalue weighted by Crippen LogP contribution is 2.24. The molecule has 0 spiro atoms. The third-order valence-electron chi connectivity index (χ3n) is 3.82. The lowest BCUT2D eigenvalue weighted by Crippen LogP contribution is -2.20. The number of thiazole rings is 1. The van der Waals surface area contributed by atoms with Crippen molar-refractivity contribution in [2.75, 3.05) is 14.2 Å². The predicted octanol–water partition coefficient (Wildman–Crippen LogP) is 4.16. The van der Waals surface area contributed by atoms with Crippen molar-refractivity contribution in [2.45, 2.75) is 6.54 Å². The van der Waals surface area contributed by atoms with Gasteiger partial charge in [0.1, 0.15) is 16.5 Å². The second-order valence-electron chi connectivity index (χ2n) is 5.71. The maximum Gasteiger partial charge on any atom is 0.244 e. The molecule has 2 aromatic carbocycles. The van der Waals surface area contributed by atoms with E-state index < -0.39 is 0 Å². The first-order valence-electron chi connectivity index (χ1n) is 8.37. The van der Waals surface area contributed by atoms with Crippen LogP contribution in [-0.2, 0) is 11.3 Å². The van der Waals surface area contributed by atoms with Crippen molar-refractivity contribution in [3.63, 3.8) is 0 Å². The summed E-state index contributed by atoms with van der Waals surface area (Å²) in [4.78, 5) is 16.7. The number of hydrogen-bond acceptors (Lipinski definition) is 5. The maximum atomic E-state index is 12.1. The number of carbonyl (C=O) groups excluding carboxylic acids is 1. The van der Waals surface area contributed by atoms with Gasteiger partial charge in [0.05, 0.1) is 26.5 Å². The summed E-state index contributed by atoms with van der Waals surface area (Å²) in [7, 11) is 3.18. The number of carbonyl (C=O) groups is 1. The van der Waals surface area contributed by atoms with E-state index in [1.54, 1.807) is 37.7 Å². The average molecular weight is 380 g/mol. The Kier molecular flexibility index (Phi) is 6.22. The molecule has 0 saturated carbocycles. The van der Waals surface area contributed by atoms with Gasteiger partial charge in [0.2, 0.25) is 5.91 Å². The van der Waals surface area contributed by atoms with Crippen LogP contribution >= 0.6 is 11.3 Å². The summed E-state index contributed by atoms with van der Waals surface area (Å²) in [6, 6.07) is 15.4. The van der Waals surface area contributed by atoms with Crippen molar-refractivity contribution in [3.05, 3.63) is 71.2 Å². The molecule has 1 amide bonds. The van der Waals surface area contributed by atoms with Crippen LogP contribution in [0.2, 0.25) is 0 Å². The molecule has 0 aliphatic rings. The van der Waals surface area contributed by atoms with Gasteiger partial charge in [0.15, 0.2) is 0 Å². The molecule has 27 heavy (non-hydrogen) atoms. The minimum Gasteiger partial charge on any atom is -0.497 e. The molecule has 1 heterocycles. The van der Waals surface area contributed by atoms with E-state index >= 15 is 0 Å². The van der Waals surface area contributed by atoms with Gasteiger partial charge in [-0.25, -0.2) is 4.98 Å². The zero-order chi connectivity index (χ0) is 19.1. The van der Waals surface area contributed by atoms with Crippen molar-refractivity contribution in [3.8, 4) is 22.1 Å². The number of nitrogens with one attached hydrogen (secondary N) is 1. The van der Waals surface area contributed by atoms with E-state index in [9.17, 15) is 4.79 Å². The largest absolute Gasteiger partial charge is 0.497 e. The molecule has 3 aromatic rings. The first-order valence-corrected chi connectivity index (χ1v) is 9.24. The Bertz CT molecular complexity index is 913. The van der Waals surface area contributed by atoms with Crippen LogP contribution in [0.3, 0.4) is 0 Å². The number of ether oxygens (including phenoxy) is 2. The number of rotatable bonds is 7. The quantitative estimate of drug-likeness (QED) is 0.626. The molecule has 0 saturated heterocycles. The molecule has 3 rings (SSSR count). The van der Waals surface area contributed by atoms with Crippen molar-refractivity contribution < 1.29 is 14.3 Å². The van der Waals surface area contributed by atoms with Crippen molar-refractivity contribution in [1.82, 2.24) is 10.3 Å². The lowest BCUT2D eigenvalue weighted by atomic mass is 10.2. The zero-order valence-electron chi connectivity index (χ0n) is 15.1. The van der Waals surface area contributed by atoms with Gasteiger partial charge in [-0.2, -0.15) is 0 Å². The van der Waals surface area contributed by atoms with E-state index in [4.69, 9.17) is 9.47 Å². The van der Waals surface area contributed by atoms with Gasteiger partial charge < -0.3 is 14.8 Å². The highest BCUT2D eigenvalue weighted by Gasteiger charge is 2.05. The molecule has 1 N–H and O–H groups in total. The fraction of sp³-hybridized carbons (Fsp3) is 0.143. The Morgan fingerprint density at radius 2 is 1.81 bits per heavy atom. The summed E-state index contributed by atoms with van der Waals surface area (Å²) >= 11 is 1.56. The molecule has 138 valence electrons. The van der Waals surface area contributed by atoms with Crippen LogP contribution in [0.5, 0.6) is 11.5 Å². The summed E-state index contributed by atoms with van der Waals surface area (Å²) in [5, 5.41) is 5.75. The van der Waals surface area contributed by atoms with E-state index in [1.807, 2.05) is 47.8 Å². The normalized spacial score (nSPS) is 10.7. The fourth-order valence-electron chi connectivity index (χ4n) is 2.44. The Balaban J connectivity index is 1.59. The maximum absolute atomic E-state index is 12.1. The van der Waals surface area contributed by atoms with Crippen molar-refractivity contribution in [1.29, 1.82) is 0 Å². The van der Waals surface area contributed by atoms with E-state index in [0.717, 1.165) is 21.8 Å².